The Kier molecular flexibility index (Phi) is 2.70. The van der Waals surface area contributed by atoms with E-state index in [1.54, 1.807) is 12.1 Å². The lowest BCUT2D eigenvalue weighted by Gasteiger charge is -1.92. The first kappa shape index (κ1) is 10.4. The molecule has 0 radical (unpaired) electrons. The molecule has 5 heteroatoms. The summed E-state index contributed by atoms with van der Waals surface area (Å²) in [6.07, 6.45) is 0. The Morgan fingerprint density at radius 2 is 2.06 bits per heavy atom. The number of aromatic nitrogens is 1. The number of nitrogens with two attached hydrogens (primary N) is 1. The number of rotatable bonds is 3. The zero-order valence-corrected chi connectivity index (χ0v) is 8.38. The van der Waals surface area contributed by atoms with E-state index in [4.69, 9.17) is 15.3 Å². The summed E-state index contributed by atoms with van der Waals surface area (Å²) in [5.74, 6) is -0.670. The average Bonchev–Trinajstić information content (AvgIpc) is 2.74. The van der Waals surface area contributed by atoms with Crippen molar-refractivity contribution >= 4 is 5.97 Å². The normalized spacial score (nSPS) is 10.3. The summed E-state index contributed by atoms with van der Waals surface area (Å²) in [6.45, 7) is 0.0153. The van der Waals surface area contributed by atoms with Crippen molar-refractivity contribution in [1.29, 1.82) is 0 Å². The molecule has 5 nitrogen and oxygen atoms in total. The predicted octanol–water partition coefficient (Wildman–Crippen LogP) is 1.50. The Morgan fingerprint density at radius 3 is 2.56 bits per heavy atom. The highest BCUT2D eigenvalue weighted by Crippen LogP contribution is 2.21. The molecule has 16 heavy (non-hydrogen) atoms. The van der Waals surface area contributed by atoms with Crippen molar-refractivity contribution in [2.45, 2.75) is 6.54 Å². The molecule has 1 aromatic heterocycles. The fraction of sp³-hybridized carbons (Fsp3) is 0.0909. The van der Waals surface area contributed by atoms with E-state index in [0.29, 0.717) is 0 Å². The molecule has 0 aliphatic heterocycles. The maximum Gasteiger partial charge on any atom is 0.358 e. The number of hydrogen-bond acceptors (Lipinski definition) is 4. The van der Waals surface area contributed by atoms with Gasteiger partial charge in [0.05, 0.1) is 6.54 Å². The van der Waals surface area contributed by atoms with Gasteiger partial charge in [0.1, 0.15) is 0 Å². The molecule has 3 N–H and O–H groups in total. The maximum absolute atomic E-state index is 10.8. The largest absolute Gasteiger partial charge is 0.476 e. The summed E-state index contributed by atoms with van der Waals surface area (Å²) < 4.78 is 5.29. The van der Waals surface area contributed by atoms with Crippen molar-refractivity contribution in [2.75, 3.05) is 0 Å². The molecule has 0 aliphatic carbocycles. The van der Waals surface area contributed by atoms with E-state index in [0.717, 1.165) is 5.56 Å². The van der Waals surface area contributed by atoms with E-state index in [2.05, 4.69) is 4.98 Å². The van der Waals surface area contributed by atoms with Crippen molar-refractivity contribution in [2.24, 2.45) is 5.73 Å². The smallest absolute Gasteiger partial charge is 0.358 e. The molecule has 1 aromatic carbocycles. The molecule has 0 bridgehead atoms. The molecular weight excluding hydrogens is 208 g/mol. The van der Waals surface area contributed by atoms with Gasteiger partial charge in [-0.1, -0.05) is 18.2 Å². The van der Waals surface area contributed by atoms with Gasteiger partial charge in [0.25, 0.3) is 0 Å². The molecule has 2 aromatic rings. The summed E-state index contributed by atoms with van der Waals surface area (Å²) in [5, 5.41) is 8.88. The summed E-state index contributed by atoms with van der Waals surface area (Å²) in [7, 11) is 0. The van der Waals surface area contributed by atoms with Crippen LogP contribution >= 0.6 is 0 Å². The molecule has 0 atom stereocenters. The third-order valence-corrected chi connectivity index (χ3v) is 2.11. The Bertz CT molecular complexity index is 505. The molecule has 0 aliphatic rings. The van der Waals surface area contributed by atoms with Crippen LogP contribution in [0.25, 0.3) is 11.5 Å². The van der Waals surface area contributed by atoms with Gasteiger partial charge in [-0.15, -0.1) is 0 Å². The lowest BCUT2D eigenvalue weighted by atomic mass is 10.2. The van der Waals surface area contributed by atoms with Gasteiger partial charge in [-0.3, -0.25) is 0 Å². The number of carboxylic acid groups (broad SMARTS) is 1. The Morgan fingerprint density at radius 1 is 1.38 bits per heavy atom. The molecular formula is C11H10N2O3. The van der Waals surface area contributed by atoms with Crippen LogP contribution in [0.15, 0.2) is 34.7 Å². The predicted molar refractivity (Wildman–Crippen MR) is 56.8 cm³/mol. The minimum absolute atomic E-state index is 0.0153. The van der Waals surface area contributed by atoms with Crippen LogP contribution in [0.4, 0.5) is 0 Å². The number of hydrogen-bond donors (Lipinski definition) is 2. The van der Waals surface area contributed by atoms with Gasteiger partial charge in [0.15, 0.2) is 11.5 Å². The standard InChI is InChI=1S/C11H10N2O3/c12-6-8-9(11(14)15)13-10(16-8)7-4-2-1-3-5-7/h1-5H,6,12H2,(H,14,15). The van der Waals surface area contributed by atoms with E-state index in [1.807, 2.05) is 18.2 Å². The number of aromatic carboxylic acids is 1. The highest BCUT2D eigenvalue weighted by Gasteiger charge is 2.18. The number of nitrogens with zero attached hydrogens (tertiary/aromatic N) is 1. The van der Waals surface area contributed by atoms with Crippen molar-refractivity contribution in [3.8, 4) is 11.5 Å². The second-order valence-electron chi connectivity index (χ2n) is 3.17. The monoisotopic (exact) mass is 218 g/mol. The second-order valence-corrected chi connectivity index (χ2v) is 3.17. The maximum atomic E-state index is 10.8. The third kappa shape index (κ3) is 1.80. The zero-order valence-electron chi connectivity index (χ0n) is 8.38. The van der Waals surface area contributed by atoms with Gasteiger partial charge in [0, 0.05) is 5.56 Å². The third-order valence-electron chi connectivity index (χ3n) is 2.11. The van der Waals surface area contributed by atoms with E-state index in [9.17, 15) is 4.79 Å². The number of carbonyl (C=O) groups is 1. The minimum Gasteiger partial charge on any atom is -0.476 e. The number of oxazole rings is 1. The fourth-order valence-corrected chi connectivity index (χ4v) is 1.36. The summed E-state index contributed by atoms with van der Waals surface area (Å²) in [5.41, 5.74) is 5.99. The molecule has 0 fully saturated rings. The van der Waals surface area contributed by atoms with E-state index < -0.39 is 5.97 Å². The van der Waals surface area contributed by atoms with E-state index in [1.165, 1.54) is 0 Å². The van der Waals surface area contributed by atoms with Crippen LogP contribution in [0.1, 0.15) is 16.2 Å². The SMILES string of the molecule is NCc1oc(-c2ccccc2)nc1C(=O)O. The van der Waals surface area contributed by atoms with Crippen molar-refractivity contribution in [3.05, 3.63) is 41.8 Å². The lowest BCUT2D eigenvalue weighted by molar-refractivity contribution is 0.0689. The van der Waals surface area contributed by atoms with Gasteiger partial charge < -0.3 is 15.3 Å². The van der Waals surface area contributed by atoms with Crippen molar-refractivity contribution in [3.63, 3.8) is 0 Å². The van der Waals surface area contributed by atoms with Crippen LogP contribution < -0.4 is 5.73 Å². The average molecular weight is 218 g/mol. The van der Waals surface area contributed by atoms with Gasteiger partial charge >= 0.3 is 5.97 Å². The van der Waals surface area contributed by atoms with Gasteiger partial charge in [-0.25, -0.2) is 9.78 Å². The minimum atomic E-state index is -1.13. The first-order chi connectivity index (χ1) is 7.72. The first-order valence-electron chi connectivity index (χ1n) is 4.71. The number of benzene rings is 1. The number of carboxylic acids is 1. The zero-order chi connectivity index (χ0) is 11.5. The van der Waals surface area contributed by atoms with E-state index >= 15 is 0 Å². The molecule has 0 unspecified atom stereocenters. The Labute approximate surface area is 91.5 Å². The van der Waals surface area contributed by atoms with Crippen LogP contribution in [-0.2, 0) is 6.54 Å². The van der Waals surface area contributed by atoms with Crippen molar-refractivity contribution in [1.82, 2.24) is 4.98 Å². The van der Waals surface area contributed by atoms with Crippen LogP contribution in [-0.4, -0.2) is 16.1 Å². The molecule has 0 saturated heterocycles. The van der Waals surface area contributed by atoms with Crippen LogP contribution in [0, 0.1) is 0 Å². The van der Waals surface area contributed by atoms with Gasteiger partial charge in [0.2, 0.25) is 5.89 Å². The Balaban J connectivity index is 2.48. The summed E-state index contributed by atoms with van der Waals surface area (Å²) >= 11 is 0. The second kappa shape index (κ2) is 4.16. The van der Waals surface area contributed by atoms with E-state index in [-0.39, 0.29) is 23.9 Å². The van der Waals surface area contributed by atoms with Crippen LogP contribution in [0.5, 0.6) is 0 Å². The Hall–Kier alpha value is -2.14. The summed E-state index contributed by atoms with van der Waals surface area (Å²) in [6, 6.07) is 9.08. The fourth-order valence-electron chi connectivity index (χ4n) is 1.36. The van der Waals surface area contributed by atoms with Crippen LogP contribution in [0.3, 0.4) is 0 Å². The quantitative estimate of drug-likeness (QED) is 0.814. The molecule has 0 amide bonds. The molecule has 0 spiro atoms. The molecule has 82 valence electrons. The molecule has 2 rings (SSSR count). The van der Waals surface area contributed by atoms with Gasteiger partial charge in [-0.2, -0.15) is 0 Å². The molecule has 0 saturated carbocycles. The van der Waals surface area contributed by atoms with Gasteiger partial charge in [-0.05, 0) is 12.1 Å². The van der Waals surface area contributed by atoms with Crippen LogP contribution in [0.2, 0.25) is 0 Å². The summed E-state index contributed by atoms with van der Waals surface area (Å²) in [4.78, 5) is 14.8. The van der Waals surface area contributed by atoms with Crippen molar-refractivity contribution < 1.29 is 14.3 Å². The lowest BCUT2D eigenvalue weighted by Crippen LogP contribution is -2.04. The topological polar surface area (TPSA) is 89.4 Å². The molecule has 1 heterocycles. The highest BCUT2D eigenvalue weighted by atomic mass is 16.4. The highest BCUT2D eigenvalue weighted by molar-refractivity contribution is 5.87. The first-order valence-corrected chi connectivity index (χ1v) is 4.71.